The van der Waals surface area contributed by atoms with Crippen molar-refractivity contribution in [2.75, 3.05) is 7.05 Å². The first-order valence-corrected chi connectivity index (χ1v) is 13.5. The second-order valence-corrected chi connectivity index (χ2v) is 14.1. The second kappa shape index (κ2) is 10.2. The molecule has 0 N–H and O–H groups in total. The van der Waals surface area contributed by atoms with Gasteiger partial charge in [-0.15, -0.1) is 0 Å². The smallest absolute Gasteiger partial charge is 0.0207 e. The Labute approximate surface area is 180 Å². The average molecular weight is 424 g/mol. The molecule has 0 bridgehead atoms. The van der Waals surface area contributed by atoms with Gasteiger partial charge in [0.05, 0.1) is 0 Å². The Balaban J connectivity index is 1.95. The number of rotatable bonds is 8. The molecule has 0 radical (unpaired) electrons. The number of hydrogen-bond acceptors (Lipinski definition) is 1. The van der Waals surface area contributed by atoms with Gasteiger partial charge in [-0.05, 0) is 57.2 Å². The molecule has 154 valence electrons. The highest BCUT2D eigenvalue weighted by Gasteiger charge is 2.34. The van der Waals surface area contributed by atoms with E-state index in [0.29, 0.717) is 23.3 Å². The molecule has 0 saturated heterocycles. The van der Waals surface area contributed by atoms with E-state index in [0.717, 1.165) is 0 Å². The van der Waals surface area contributed by atoms with Gasteiger partial charge in [0.2, 0.25) is 0 Å². The molecule has 0 spiro atoms. The van der Waals surface area contributed by atoms with Gasteiger partial charge in [-0.2, -0.15) is 0 Å². The quantitative estimate of drug-likeness (QED) is 0.426. The van der Waals surface area contributed by atoms with Crippen molar-refractivity contribution in [2.45, 2.75) is 52.0 Å². The first-order chi connectivity index (χ1) is 13.9. The molecular formula is C26H35NP2. The van der Waals surface area contributed by atoms with Gasteiger partial charge in [-0.25, -0.2) is 0 Å². The summed E-state index contributed by atoms with van der Waals surface area (Å²) in [4.78, 5) is 0. The second-order valence-electron chi connectivity index (χ2n) is 8.39. The summed E-state index contributed by atoms with van der Waals surface area (Å²) >= 11 is 0. The minimum absolute atomic E-state index is 0.163. The number of hydrogen-bond donors (Lipinski definition) is 0. The maximum Gasteiger partial charge on any atom is 0.0207 e. The number of nitrogens with zero attached hydrogens (tertiary/aromatic N) is 1. The van der Waals surface area contributed by atoms with Crippen LogP contribution in [0.5, 0.6) is 0 Å². The van der Waals surface area contributed by atoms with Crippen LogP contribution >= 0.6 is 16.0 Å². The molecule has 0 aliphatic heterocycles. The summed E-state index contributed by atoms with van der Waals surface area (Å²) in [5.74, 6) is 0.467. The molecule has 0 heterocycles. The van der Waals surface area contributed by atoms with E-state index < -0.39 is 7.92 Å². The topological polar surface area (TPSA) is 3.24 Å². The van der Waals surface area contributed by atoms with Crippen LogP contribution in [0.3, 0.4) is 0 Å². The van der Waals surface area contributed by atoms with Crippen LogP contribution in [0.1, 0.15) is 34.6 Å². The van der Waals surface area contributed by atoms with Gasteiger partial charge in [0.1, 0.15) is 0 Å². The fourth-order valence-corrected chi connectivity index (χ4v) is 10.4. The predicted molar refractivity (Wildman–Crippen MR) is 134 cm³/mol. The predicted octanol–water partition coefficient (Wildman–Crippen LogP) is 6.72. The van der Waals surface area contributed by atoms with E-state index in [9.17, 15) is 0 Å². The van der Waals surface area contributed by atoms with Gasteiger partial charge in [0.25, 0.3) is 0 Å². The Morgan fingerprint density at radius 3 is 1.69 bits per heavy atom. The molecule has 0 amide bonds. The summed E-state index contributed by atoms with van der Waals surface area (Å²) in [7, 11) is 1.67. The normalized spacial score (nSPS) is 17.8. The number of benzene rings is 2. The van der Waals surface area contributed by atoms with Crippen molar-refractivity contribution >= 4 is 26.6 Å². The lowest BCUT2D eigenvalue weighted by Crippen LogP contribution is -2.35. The summed E-state index contributed by atoms with van der Waals surface area (Å²) in [5.41, 5.74) is 1.42. The lowest BCUT2D eigenvalue weighted by molar-refractivity contribution is 0.371. The molecule has 0 aromatic heterocycles. The van der Waals surface area contributed by atoms with Crippen molar-refractivity contribution < 1.29 is 0 Å². The van der Waals surface area contributed by atoms with E-state index in [1.165, 1.54) is 10.6 Å². The molecule has 0 fully saturated rings. The Kier molecular flexibility index (Phi) is 7.86. The molecular weight excluding hydrogens is 388 g/mol. The van der Waals surface area contributed by atoms with Crippen LogP contribution in [0.4, 0.5) is 0 Å². The average Bonchev–Trinajstić information content (AvgIpc) is 3.18. The van der Waals surface area contributed by atoms with Crippen LogP contribution in [-0.4, -0.2) is 29.1 Å². The van der Waals surface area contributed by atoms with Crippen LogP contribution in [0.15, 0.2) is 84.2 Å². The first kappa shape index (κ1) is 22.4. The highest BCUT2D eigenvalue weighted by molar-refractivity contribution is 7.76. The monoisotopic (exact) mass is 423 g/mol. The maximum atomic E-state index is 2.70. The minimum Gasteiger partial charge on any atom is -0.281 e. The maximum absolute atomic E-state index is 2.70. The lowest BCUT2D eigenvalue weighted by atomic mass is 10.0. The molecule has 3 heteroatoms. The fourth-order valence-electron chi connectivity index (χ4n) is 4.48. The third kappa shape index (κ3) is 5.08. The van der Waals surface area contributed by atoms with Crippen molar-refractivity contribution in [3.63, 3.8) is 0 Å². The molecule has 1 aliphatic rings. The summed E-state index contributed by atoms with van der Waals surface area (Å²) in [6.07, 6.45) is 7.12. The van der Waals surface area contributed by atoms with Gasteiger partial charge < -0.3 is 0 Å². The van der Waals surface area contributed by atoms with Crippen molar-refractivity contribution in [3.8, 4) is 0 Å². The summed E-state index contributed by atoms with van der Waals surface area (Å²) < 4.78 is 2.70. The van der Waals surface area contributed by atoms with E-state index in [4.69, 9.17) is 0 Å². The van der Waals surface area contributed by atoms with E-state index in [1.54, 1.807) is 5.31 Å². The summed E-state index contributed by atoms with van der Waals surface area (Å²) in [6, 6.07) is 22.7. The van der Waals surface area contributed by atoms with Crippen LogP contribution < -0.4 is 10.6 Å². The number of allylic oxidation sites excluding steroid dienone is 2. The van der Waals surface area contributed by atoms with Crippen LogP contribution in [0.25, 0.3) is 0 Å². The molecule has 0 saturated carbocycles. The van der Waals surface area contributed by atoms with Crippen LogP contribution in [0.2, 0.25) is 0 Å². The van der Waals surface area contributed by atoms with E-state index in [2.05, 4.69) is 125 Å². The first-order valence-electron chi connectivity index (χ1n) is 10.7. The highest BCUT2D eigenvalue weighted by Crippen LogP contribution is 2.55. The molecule has 2 aromatic carbocycles. The summed E-state index contributed by atoms with van der Waals surface area (Å²) in [5, 5.41) is 4.47. The molecule has 1 aliphatic carbocycles. The van der Waals surface area contributed by atoms with Crippen molar-refractivity contribution in [3.05, 3.63) is 84.2 Å². The zero-order valence-corrected chi connectivity index (χ0v) is 20.4. The Morgan fingerprint density at radius 1 is 0.759 bits per heavy atom. The van der Waals surface area contributed by atoms with E-state index in [1.807, 2.05) is 0 Å². The van der Waals surface area contributed by atoms with Crippen molar-refractivity contribution in [1.82, 2.24) is 4.67 Å². The zero-order valence-electron chi connectivity index (χ0n) is 18.7. The zero-order chi connectivity index (χ0) is 21.0. The molecule has 29 heavy (non-hydrogen) atoms. The van der Waals surface area contributed by atoms with Gasteiger partial charge in [0.15, 0.2) is 0 Å². The highest BCUT2D eigenvalue weighted by atomic mass is 31.1. The van der Waals surface area contributed by atoms with Crippen molar-refractivity contribution in [2.24, 2.45) is 5.92 Å². The van der Waals surface area contributed by atoms with E-state index >= 15 is 0 Å². The lowest BCUT2D eigenvalue weighted by Gasteiger charge is -2.42. The SMILES string of the molecule is CC(C)P(C(C)C)N(C)[C@H](C)C1C=CC=C1P(c1ccccc1)c1ccccc1. The van der Waals surface area contributed by atoms with Gasteiger partial charge in [-0.3, -0.25) is 4.67 Å². The van der Waals surface area contributed by atoms with Gasteiger partial charge >= 0.3 is 0 Å². The molecule has 1 nitrogen and oxygen atoms in total. The third-order valence-electron chi connectivity index (χ3n) is 5.75. The van der Waals surface area contributed by atoms with Gasteiger partial charge in [0, 0.05) is 12.0 Å². The standard InChI is InChI=1S/C26H35NP2/c1-20(2)29(21(3)4)27(6)22(5)25-18-13-19-26(25)28(23-14-9-7-10-15-23)24-16-11-8-12-17-24/h7-22,25H,1-6H3/t22-,25?/m1/s1. The molecule has 3 rings (SSSR count). The minimum atomic E-state index is -0.519. The Hall–Kier alpha value is -1.26. The molecule has 2 aromatic rings. The largest absolute Gasteiger partial charge is 0.281 e. The van der Waals surface area contributed by atoms with E-state index in [-0.39, 0.29) is 8.07 Å². The molecule has 1 unspecified atom stereocenters. The van der Waals surface area contributed by atoms with Gasteiger partial charge in [-0.1, -0.05) is 107 Å². The Morgan fingerprint density at radius 2 is 1.24 bits per heavy atom. The summed E-state index contributed by atoms with van der Waals surface area (Å²) in [6.45, 7) is 12.0. The van der Waals surface area contributed by atoms with Crippen LogP contribution in [-0.2, 0) is 0 Å². The molecule has 2 atom stereocenters. The third-order valence-corrected chi connectivity index (χ3v) is 11.5. The van der Waals surface area contributed by atoms with Crippen molar-refractivity contribution in [1.29, 1.82) is 0 Å². The fraction of sp³-hybridized carbons (Fsp3) is 0.385. The Bertz CT molecular complexity index is 779. The van der Waals surface area contributed by atoms with Crippen LogP contribution in [0, 0.1) is 5.92 Å².